The number of carbonyl (C=O) groups excluding carboxylic acids is 1. The summed E-state index contributed by atoms with van der Waals surface area (Å²) in [6.45, 7) is 2.00. The van der Waals surface area contributed by atoms with Gasteiger partial charge >= 0.3 is 0 Å². The molecule has 6 heteroatoms. The molecule has 0 atom stereocenters. The molecule has 0 spiro atoms. The average molecular weight is 339 g/mol. The fraction of sp³-hybridized carbons (Fsp3) is 0.167. The van der Waals surface area contributed by atoms with Gasteiger partial charge in [0.1, 0.15) is 5.82 Å². The first-order valence-electron chi connectivity index (χ1n) is 7.54. The van der Waals surface area contributed by atoms with Crippen LogP contribution in [0.15, 0.2) is 53.3 Å². The lowest BCUT2D eigenvalue weighted by Gasteiger charge is -2.06. The third-order valence-corrected chi connectivity index (χ3v) is 4.41. The van der Waals surface area contributed by atoms with Crippen molar-refractivity contribution in [3.63, 3.8) is 0 Å². The summed E-state index contributed by atoms with van der Waals surface area (Å²) in [5, 5.41) is 3.42. The van der Waals surface area contributed by atoms with Gasteiger partial charge in [0.25, 0.3) is 5.56 Å². The summed E-state index contributed by atoms with van der Waals surface area (Å²) >= 11 is 1.41. The second-order valence-corrected chi connectivity index (χ2v) is 6.42. The van der Waals surface area contributed by atoms with Gasteiger partial charge in [0.05, 0.1) is 22.4 Å². The van der Waals surface area contributed by atoms with Gasteiger partial charge in [-0.2, -0.15) is 0 Å². The van der Waals surface area contributed by atoms with E-state index in [1.54, 1.807) is 6.07 Å². The number of anilines is 1. The molecule has 5 nitrogen and oxygen atoms in total. The lowest BCUT2D eigenvalue weighted by atomic mass is 10.2. The Balaban J connectivity index is 1.57. The van der Waals surface area contributed by atoms with Crippen LogP contribution in [-0.4, -0.2) is 21.6 Å². The van der Waals surface area contributed by atoms with Gasteiger partial charge in [0, 0.05) is 5.69 Å². The highest BCUT2D eigenvalue weighted by Gasteiger charge is 2.06. The Morgan fingerprint density at radius 3 is 2.71 bits per heavy atom. The van der Waals surface area contributed by atoms with E-state index >= 15 is 0 Å². The van der Waals surface area contributed by atoms with Gasteiger partial charge in [-0.25, -0.2) is 4.98 Å². The number of thioether (sulfide) groups is 1. The van der Waals surface area contributed by atoms with E-state index in [-0.39, 0.29) is 11.5 Å². The zero-order valence-corrected chi connectivity index (χ0v) is 14.0. The Morgan fingerprint density at radius 2 is 1.92 bits per heavy atom. The number of hydrogen-bond acceptors (Lipinski definition) is 4. The molecule has 122 valence electrons. The van der Waals surface area contributed by atoms with Crippen LogP contribution in [-0.2, 0) is 10.5 Å². The summed E-state index contributed by atoms with van der Waals surface area (Å²) in [4.78, 5) is 31.1. The molecule has 0 bridgehead atoms. The number of nitrogens with one attached hydrogen (secondary N) is 2. The summed E-state index contributed by atoms with van der Waals surface area (Å²) in [6.07, 6.45) is 0. The van der Waals surface area contributed by atoms with Crippen molar-refractivity contribution in [2.45, 2.75) is 12.7 Å². The van der Waals surface area contributed by atoms with Crippen LogP contribution in [0.1, 0.15) is 11.4 Å². The summed E-state index contributed by atoms with van der Waals surface area (Å²) in [6, 6.07) is 14.9. The zero-order valence-electron chi connectivity index (χ0n) is 13.2. The number of fused-ring (bicyclic) bond motifs is 1. The number of aromatic nitrogens is 2. The molecular formula is C18H17N3O2S. The number of benzene rings is 2. The van der Waals surface area contributed by atoms with Crippen molar-refractivity contribution in [1.29, 1.82) is 0 Å². The molecule has 0 unspecified atom stereocenters. The highest BCUT2D eigenvalue weighted by atomic mass is 32.2. The Bertz CT molecular complexity index is 919. The fourth-order valence-corrected chi connectivity index (χ4v) is 2.97. The number of H-pyrrole nitrogens is 1. The van der Waals surface area contributed by atoms with Crippen LogP contribution in [0.25, 0.3) is 10.9 Å². The Labute approximate surface area is 143 Å². The molecule has 0 aliphatic carbocycles. The Hall–Kier alpha value is -2.60. The number of rotatable bonds is 5. The molecular weight excluding hydrogens is 322 g/mol. The molecule has 1 aromatic heterocycles. The monoisotopic (exact) mass is 339 g/mol. The molecule has 0 saturated carbocycles. The molecule has 2 N–H and O–H groups in total. The van der Waals surface area contributed by atoms with Crippen molar-refractivity contribution in [3.8, 4) is 0 Å². The quantitative estimate of drug-likeness (QED) is 0.749. The smallest absolute Gasteiger partial charge is 0.258 e. The molecule has 0 aliphatic heterocycles. The molecule has 1 amide bonds. The Morgan fingerprint density at radius 1 is 1.17 bits per heavy atom. The normalized spacial score (nSPS) is 10.7. The standard InChI is InChI=1S/C18H17N3O2S/c1-12-6-8-13(9-7-12)19-17(22)11-24-10-16-20-15-5-3-2-4-14(15)18(23)21-16/h2-9H,10-11H2,1H3,(H,19,22)(H,20,21,23). The number of amides is 1. The Kier molecular flexibility index (Phi) is 4.96. The predicted molar refractivity (Wildman–Crippen MR) is 98.3 cm³/mol. The van der Waals surface area contributed by atoms with E-state index in [1.165, 1.54) is 11.8 Å². The second kappa shape index (κ2) is 7.31. The van der Waals surface area contributed by atoms with Crippen molar-refractivity contribution in [3.05, 3.63) is 70.3 Å². The van der Waals surface area contributed by atoms with Crippen LogP contribution in [0.2, 0.25) is 0 Å². The highest BCUT2D eigenvalue weighted by Crippen LogP contribution is 2.13. The molecule has 3 rings (SSSR count). The van der Waals surface area contributed by atoms with E-state index in [9.17, 15) is 9.59 Å². The zero-order chi connectivity index (χ0) is 16.9. The largest absolute Gasteiger partial charge is 0.325 e. The first kappa shape index (κ1) is 16.3. The number of para-hydroxylation sites is 1. The predicted octanol–water partition coefficient (Wildman–Crippen LogP) is 3.10. The molecule has 0 fully saturated rings. The van der Waals surface area contributed by atoms with Gasteiger partial charge in [-0.1, -0.05) is 29.8 Å². The second-order valence-electron chi connectivity index (χ2n) is 5.44. The van der Waals surface area contributed by atoms with Gasteiger partial charge in [-0.05, 0) is 31.2 Å². The SMILES string of the molecule is Cc1ccc(NC(=O)CSCc2nc3ccccc3c(=O)[nH]2)cc1. The van der Waals surface area contributed by atoms with Crippen molar-refractivity contribution < 1.29 is 4.79 Å². The maximum Gasteiger partial charge on any atom is 0.258 e. The minimum Gasteiger partial charge on any atom is -0.325 e. The van der Waals surface area contributed by atoms with E-state index in [4.69, 9.17) is 0 Å². The van der Waals surface area contributed by atoms with Gasteiger partial charge in [0.15, 0.2) is 0 Å². The van der Waals surface area contributed by atoms with E-state index in [0.29, 0.717) is 28.2 Å². The molecule has 3 aromatic rings. The van der Waals surface area contributed by atoms with Crippen molar-refractivity contribution >= 4 is 34.3 Å². The van der Waals surface area contributed by atoms with Crippen LogP contribution in [0, 0.1) is 6.92 Å². The van der Waals surface area contributed by atoms with Crippen molar-refractivity contribution in [2.24, 2.45) is 0 Å². The van der Waals surface area contributed by atoms with E-state index in [0.717, 1.165) is 11.3 Å². The van der Waals surface area contributed by atoms with E-state index in [1.807, 2.05) is 49.4 Å². The fourth-order valence-electron chi connectivity index (χ4n) is 2.28. The van der Waals surface area contributed by atoms with Crippen LogP contribution in [0.3, 0.4) is 0 Å². The van der Waals surface area contributed by atoms with Gasteiger partial charge in [-0.3, -0.25) is 9.59 Å². The third kappa shape index (κ3) is 4.02. The van der Waals surface area contributed by atoms with E-state index < -0.39 is 0 Å². The van der Waals surface area contributed by atoms with Crippen molar-refractivity contribution in [2.75, 3.05) is 11.1 Å². The number of nitrogens with zero attached hydrogens (tertiary/aromatic N) is 1. The average Bonchev–Trinajstić information content (AvgIpc) is 2.57. The molecule has 0 saturated heterocycles. The molecule has 1 heterocycles. The maximum atomic E-state index is 12.0. The summed E-state index contributed by atoms with van der Waals surface area (Å²) in [5.41, 5.74) is 2.44. The lowest BCUT2D eigenvalue weighted by molar-refractivity contribution is -0.113. The van der Waals surface area contributed by atoms with Crippen molar-refractivity contribution in [1.82, 2.24) is 9.97 Å². The van der Waals surface area contributed by atoms with E-state index in [2.05, 4.69) is 15.3 Å². The highest BCUT2D eigenvalue weighted by molar-refractivity contribution is 7.99. The number of aryl methyl sites for hydroxylation is 1. The molecule has 0 aliphatic rings. The maximum absolute atomic E-state index is 12.0. The number of aromatic amines is 1. The van der Waals surface area contributed by atoms with Gasteiger partial charge < -0.3 is 10.3 Å². The lowest BCUT2D eigenvalue weighted by Crippen LogP contribution is -2.15. The first-order chi connectivity index (χ1) is 11.6. The van der Waals surface area contributed by atoms with Gasteiger partial charge in [0.2, 0.25) is 5.91 Å². The van der Waals surface area contributed by atoms with Crippen LogP contribution in [0.5, 0.6) is 0 Å². The summed E-state index contributed by atoms with van der Waals surface area (Å²) in [5.74, 6) is 1.27. The molecule has 24 heavy (non-hydrogen) atoms. The number of carbonyl (C=O) groups is 1. The van der Waals surface area contributed by atoms with Crippen LogP contribution in [0.4, 0.5) is 5.69 Å². The summed E-state index contributed by atoms with van der Waals surface area (Å²) in [7, 11) is 0. The van der Waals surface area contributed by atoms with Crippen LogP contribution >= 0.6 is 11.8 Å². The minimum atomic E-state index is -0.152. The van der Waals surface area contributed by atoms with Crippen LogP contribution < -0.4 is 10.9 Å². The number of hydrogen-bond donors (Lipinski definition) is 2. The summed E-state index contributed by atoms with van der Waals surface area (Å²) < 4.78 is 0. The van der Waals surface area contributed by atoms with Gasteiger partial charge in [-0.15, -0.1) is 11.8 Å². The topological polar surface area (TPSA) is 74.8 Å². The minimum absolute atomic E-state index is 0.0769. The third-order valence-electron chi connectivity index (χ3n) is 3.47. The molecule has 2 aromatic carbocycles. The molecule has 0 radical (unpaired) electrons. The first-order valence-corrected chi connectivity index (χ1v) is 8.69.